The summed E-state index contributed by atoms with van der Waals surface area (Å²) in [7, 11) is 0. The Morgan fingerprint density at radius 3 is 1.95 bits per heavy atom. The molecule has 0 spiro atoms. The lowest BCUT2D eigenvalue weighted by Crippen LogP contribution is -2.29. The zero-order chi connectivity index (χ0) is 29.2. The molecule has 5 heteroatoms. The molecule has 4 unspecified atom stereocenters. The van der Waals surface area contributed by atoms with E-state index in [1.807, 2.05) is 13.8 Å². The molecule has 0 aromatic carbocycles. The molecule has 3 aliphatic heterocycles. The van der Waals surface area contributed by atoms with E-state index in [9.17, 15) is 4.79 Å². The summed E-state index contributed by atoms with van der Waals surface area (Å²) < 4.78 is 24.1. The van der Waals surface area contributed by atoms with E-state index in [2.05, 4.69) is 18.8 Å². The van der Waals surface area contributed by atoms with Gasteiger partial charge in [0.1, 0.15) is 6.10 Å². The highest BCUT2D eigenvalue weighted by Crippen LogP contribution is 2.34. The molecule has 0 saturated carbocycles. The molecule has 5 atom stereocenters. The first-order chi connectivity index (χ1) is 20.0. The van der Waals surface area contributed by atoms with Crippen molar-refractivity contribution in [3.05, 3.63) is 0 Å². The predicted molar refractivity (Wildman–Crippen MR) is 167 cm³/mol. The van der Waals surface area contributed by atoms with E-state index in [-0.39, 0.29) is 30.2 Å². The summed E-state index contributed by atoms with van der Waals surface area (Å²) in [5.41, 5.74) is 0. The highest BCUT2D eigenvalue weighted by Gasteiger charge is 2.39. The molecule has 41 heavy (non-hydrogen) atoms. The first kappa shape index (κ1) is 34.6. The first-order valence-corrected chi connectivity index (χ1v) is 17.6. The van der Waals surface area contributed by atoms with E-state index in [0.29, 0.717) is 12.5 Å². The largest absolute Gasteiger partial charge is 0.372 e. The lowest BCUT2D eigenvalue weighted by Gasteiger charge is -2.20. The zero-order valence-corrected chi connectivity index (χ0v) is 26.9. The molecule has 3 heterocycles. The number of carbonyl (C=O) groups excluding carboxylic acids is 1. The van der Waals surface area contributed by atoms with Crippen LogP contribution in [0, 0.1) is 11.8 Å². The maximum atomic E-state index is 12.7. The fraction of sp³-hybridized carbons (Fsp3) is 0.917. The van der Waals surface area contributed by atoms with Crippen molar-refractivity contribution in [3.8, 4) is 11.8 Å². The number of hydrogen-bond donors (Lipinski definition) is 0. The minimum absolute atomic E-state index is 0.0951. The topological polar surface area (TPSA) is 54.0 Å². The van der Waals surface area contributed by atoms with Crippen LogP contribution in [0.1, 0.15) is 168 Å². The van der Waals surface area contributed by atoms with Crippen molar-refractivity contribution < 1.29 is 23.7 Å². The second kappa shape index (κ2) is 20.1. The van der Waals surface area contributed by atoms with Crippen molar-refractivity contribution in [1.29, 1.82) is 0 Å². The van der Waals surface area contributed by atoms with Gasteiger partial charge >= 0.3 is 0 Å². The first-order valence-electron chi connectivity index (χ1n) is 17.6. The van der Waals surface area contributed by atoms with Gasteiger partial charge in [-0.3, -0.25) is 4.79 Å². The van der Waals surface area contributed by atoms with Gasteiger partial charge in [-0.1, -0.05) is 84.0 Å². The SMILES string of the molecule is CCCCCCCCCCCCC#CCCCC(=O)C1CCC(C2CCC(CCCCC[C@@H]3COC(C)(C)O3)O2)O1. The van der Waals surface area contributed by atoms with Crippen LogP contribution < -0.4 is 0 Å². The lowest BCUT2D eigenvalue weighted by atomic mass is 10.0. The molecule has 3 rings (SSSR count). The van der Waals surface area contributed by atoms with E-state index >= 15 is 0 Å². The molecule has 3 aliphatic rings. The fourth-order valence-electron chi connectivity index (χ4n) is 6.61. The fourth-order valence-corrected chi connectivity index (χ4v) is 6.61. The Morgan fingerprint density at radius 2 is 1.27 bits per heavy atom. The third kappa shape index (κ3) is 14.4. The Kier molecular flexibility index (Phi) is 16.9. The van der Waals surface area contributed by atoms with E-state index < -0.39 is 5.79 Å². The van der Waals surface area contributed by atoms with Crippen LogP contribution in [-0.4, -0.2) is 48.7 Å². The van der Waals surface area contributed by atoms with Gasteiger partial charge in [0, 0.05) is 19.3 Å². The molecular formula is C36H62O5. The van der Waals surface area contributed by atoms with Gasteiger partial charge in [-0.05, 0) is 65.2 Å². The summed E-state index contributed by atoms with van der Waals surface area (Å²) in [6.07, 6.45) is 27.3. The quantitative estimate of drug-likeness (QED) is 0.101. The maximum Gasteiger partial charge on any atom is 0.163 e. The Morgan fingerprint density at radius 1 is 0.683 bits per heavy atom. The van der Waals surface area contributed by atoms with Gasteiger partial charge < -0.3 is 18.9 Å². The molecule has 0 N–H and O–H groups in total. The van der Waals surface area contributed by atoms with Crippen LogP contribution >= 0.6 is 0 Å². The Balaban J connectivity index is 1.13. The molecule has 0 radical (unpaired) electrons. The molecule has 0 aromatic rings. The number of hydrogen-bond acceptors (Lipinski definition) is 5. The number of ketones is 1. The minimum atomic E-state index is -0.413. The van der Waals surface area contributed by atoms with E-state index in [4.69, 9.17) is 18.9 Å². The van der Waals surface area contributed by atoms with Crippen LogP contribution in [0.15, 0.2) is 0 Å². The molecule has 3 saturated heterocycles. The third-order valence-corrected chi connectivity index (χ3v) is 9.09. The Bertz CT molecular complexity index is 768. The third-order valence-electron chi connectivity index (χ3n) is 9.09. The highest BCUT2D eigenvalue weighted by molar-refractivity contribution is 5.83. The summed E-state index contributed by atoms with van der Waals surface area (Å²) in [6, 6.07) is 0. The van der Waals surface area contributed by atoms with Crippen LogP contribution in [0.4, 0.5) is 0 Å². The second-order valence-corrected chi connectivity index (χ2v) is 13.3. The van der Waals surface area contributed by atoms with Crippen LogP contribution in [0.25, 0.3) is 0 Å². The van der Waals surface area contributed by atoms with Crippen molar-refractivity contribution in [2.75, 3.05) is 6.61 Å². The van der Waals surface area contributed by atoms with Gasteiger partial charge in [-0.25, -0.2) is 0 Å². The van der Waals surface area contributed by atoms with E-state index in [0.717, 1.165) is 64.4 Å². The predicted octanol–water partition coefficient (Wildman–Crippen LogP) is 9.24. The molecule has 0 aliphatic carbocycles. The number of unbranched alkanes of at least 4 members (excludes halogenated alkanes) is 13. The van der Waals surface area contributed by atoms with Crippen molar-refractivity contribution >= 4 is 5.78 Å². The highest BCUT2D eigenvalue weighted by atomic mass is 16.7. The molecule has 0 bridgehead atoms. The van der Waals surface area contributed by atoms with Gasteiger partial charge in [-0.2, -0.15) is 0 Å². The van der Waals surface area contributed by atoms with Crippen LogP contribution in [0.5, 0.6) is 0 Å². The summed E-state index contributed by atoms with van der Waals surface area (Å²) >= 11 is 0. The minimum Gasteiger partial charge on any atom is -0.372 e. The normalized spacial score (nSPS) is 27.2. The average Bonchev–Trinajstić information content (AvgIpc) is 3.70. The Labute approximate surface area is 252 Å². The second-order valence-electron chi connectivity index (χ2n) is 13.3. The molecular weight excluding hydrogens is 512 g/mol. The number of carbonyl (C=O) groups is 1. The molecule has 236 valence electrons. The van der Waals surface area contributed by atoms with Crippen LogP contribution in [0.2, 0.25) is 0 Å². The van der Waals surface area contributed by atoms with Gasteiger partial charge in [0.2, 0.25) is 0 Å². The number of rotatable bonds is 21. The van der Waals surface area contributed by atoms with Crippen molar-refractivity contribution in [1.82, 2.24) is 0 Å². The summed E-state index contributed by atoms with van der Waals surface area (Å²) in [6.45, 7) is 6.98. The van der Waals surface area contributed by atoms with Crippen LogP contribution in [-0.2, 0) is 23.7 Å². The average molecular weight is 575 g/mol. The maximum absolute atomic E-state index is 12.7. The van der Waals surface area contributed by atoms with Crippen molar-refractivity contribution in [3.63, 3.8) is 0 Å². The monoisotopic (exact) mass is 574 g/mol. The molecule has 5 nitrogen and oxygen atoms in total. The van der Waals surface area contributed by atoms with Crippen LogP contribution in [0.3, 0.4) is 0 Å². The van der Waals surface area contributed by atoms with Gasteiger partial charge in [0.15, 0.2) is 11.6 Å². The molecule has 0 aromatic heterocycles. The van der Waals surface area contributed by atoms with Gasteiger partial charge in [0.05, 0.1) is 31.0 Å². The standard InChI is InChI=1S/C36H62O5/c1-4-5-6-7-8-9-10-11-12-13-14-15-16-17-21-24-32(37)33-27-28-35(40-33)34-26-25-30(39-34)22-19-18-20-23-31-29-38-36(2,3)41-31/h30-31,33-35H,4-14,17-29H2,1-3H3/t30?,31-,33?,34?,35?/m1/s1. The number of ether oxygens (including phenoxy) is 4. The van der Waals surface area contributed by atoms with Gasteiger partial charge in [0.25, 0.3) is 0 Å². The molecule has 0 amide bonds. The summed E-state index contributed by atoms with van der Waals surface area (Å²) in [5, 5.41) is 0. The lowest BCUT2D eigenvalue weighted by molar-refractivity contribution is -0.139. The summed E-state index contributed by atoms with van der Waals surface area (Å²) in [5.74, 6) is 6.46. The molecule has 3 fully saturated rings. The Hall–Kier alpha value is -0.930. The van der Waals surface area contributed by atoms with Crippen molar-refractivity contribution in [2.24, 2.45) is 0 Å². The van der Waals surface area contributed by atoms with E-state index in [1.54, 1.807) is 0 Å². The smallest absolute Gasteiger partial charge is 0.163 e. The van der Waals surface area contributed by atoms with Gasteiger partial charge in [-0.15, -0.1) is 11.8 Å². The summed E-state index contributed by atoms with van der Waals surface area (Å²) in [4.78, 5) is 12.7. The van der Waals surface area contributed by atoms with Crippen molar-refractivity contribution in [2.45, 2.75) is 205 Å². The number of Topliss-reactive ketones (excluding diaryl/α,β-unsaturated/α-hetero) is 1. The van der Waals surface area contributed by atoms with E-state index in [1.165, 1.54) is 83.5 Å². The zero-order valence-electron chi connectivity index (χ0n) is 26.9.